The van der Waals surface area contributed by atoms with E-state index in [1.54, 1.807) is 0 Å². The molecule has 186 valence electrons. The van der Waals surface area contributed by atoms with Crippen molar-refractivity contribution >= 4 is 44.9 Å². The van der Waals surface area contributed by atoms with Crippen LogP contribution in [0.25, 0.3) is 10.2 Å². The van der Waals surface area contributed by atoms with Gasteiger partial charge in [0.05, 0.1) is 11.7 Å². The van der Waals surface area contributed by atoms with Gasteiger partial charge in [-0.3, -0.25) is 4.79 Å². The van der Waals surface area contributed by atoms with Crippen molar-refractivity contribution < 1.29 is 19.1 Å². The van der Waals surface area contributed by atoms with Crippen LogP contribution in [0.3, 0.4) is 0 Å². The number of nitrogens with zero attached hydrogens (tertiary/aromatic N) is 1. The van der Waals surface area contributed by atoms with Gasteiger partial charge in [0.15, 0.2) is 0 Å². The van der Waals surface area contributed by atoms with Crippen LogP contribution in [0.15, 0.2) is 30.3 Å². The Kier molecular flexibility index (Phi) is 7.02. The highest BCUT2D eigenvalue weighted by Crippen LogP contribution is 2.33. The number of nitrogens with one attached hydrogen (secondary N) is 3. The number of carbonyl (C=O) groups excluding carboxylic acids is 2. The van der Waals surface area contributed by atoms with E-state index in [1.807, 2.05) is 58.0 Å². The summed E-state index contributed by atoms with van der Waals surface area (Å²) < 4.78 is 11.2. The van der Waals surface area contributed by atoms with Gasteiger partial charge in [0.2, 0.25) is 0 Å². The first-order chi connectivity index (χ1) is 16.6. The first-order valence-electron chi connectivity index (χ1n) is 11.5. The third kappa shape index (κ3) is 6.13. The predicted molar refractivity (Wildman–Crippen MR) is 138 cm³/mol. The van der Waals surface area contributed by atoms with Gasteiger partial charge in [0.25, 0.3) is 5.91 Å². The fourth-order valence-corrected chi connectivity index (χ4v) is 4.81. The predicted octanol–water partition coefficient (Wildman–Crippen LogP) is 3.86. The van der Waals surface area contributed by atoms with E-state index >= 15 is 0 Å². The zero-order chi connectivity index (χ0) is 25.2. The van der Waals surface area contributed by atoms with Gasteiger partial charge < -0.3 is 31.2 Å². The van der Waals surface area contributed by atoms with Crippen LogP contribution in [-0.2, 0) is 11.2 Å². The van der Waals surface area contributed by atoms with Crippen molar-refractivity contribution in [3.63, 3.8) is 0 Å². The summed E-state index contributed by atoms with van der Waals surface area (Å²) in [5.41, 5.74) is 8.95. The van der Waals surface area contributed by atoms with Gasteiger partial charge in [0, 0.05) is 35.9 Å². The van der Waals surface area contributed by atoms with Crippen molar-refractivity contribution in [1.82, 2.24) is 15.6 Å². The lowest BCUT2D eigenvalue weighted by molar-refractivity contribution is 0.0530. The highest BCUT2D eigenvalue weighted by molar-refractivity contribution is 7.21. The van der Waals surface area contributed by atoms with E-state index in [4.69, 9.17) is 15.2 Å². The monoisotopic (exact) mass is 497 g/mol. The molecule has 10 heteroatoms. The number of pyridine rings is 1. The number of ether oxygens (including phenoxy) is 2. The summed E-state index contributed by atoms with van der Waals surface area (Å²) in [5, 5.41) is 9.83. The fourth-order valence-electron chi connectivity index (χ4n) is 3.77. The zero-order valence-corrected chi connectivity index (χ0v) is 21.2. The standard InChI is InChI=1S/C25H31N5O4S/c1-14-5-8-18-20(26)21(35-23(18)29-14)22(31)30-17-11-15-6-7-16(12-19(15)33-13-17)27-9-10-28-24(32)34-25(2,3)4/h5-8,12,17,27H,9-11,13,26H2,1-4H3,(H,28,32)(H,30,31)/t17-/m1/s1. The summed E-state index contributed by atoms with van der Waals surface area (Å²) in [6.45, 7) is 8.72. The lowest BCUT2D eigenvalue weighted by Crippen LogP contribution is -2.42. The van der Waals surface area contributed by atoms with Crippen molar-refractivity contribution in [2.45, 2.75) is 45.8 Å². The van der Waals surface area contributed by atoms with E-state index in [0.717, 1.165) is 32.9 Å². The Morgan fingerprint density at radius 1 is 1.23 bits per heavy atom. The number of aromatic nitrogens is 1. The summed E-state index contributed by atoms with van der Waals surface area (Å²) in [5.74, 6) is 0.567. The molecule has 0 unspecified atom stereocenters. The van der Waals surface area contributed by atoms with Crippen LogP contribution >= 0.6 is 11.3 Å². The Morgan fingerprint density at radius 3 is 2.80 bits per heavy atom. The number of amides is 2. The molecular formula is C25H31N5O4S. The van der Waals surface area contributed by atoms with Crippen molar-refractivity contribution in [3.8, 4) is 5.75 Å². The van der Waals surface area contributed by atoms with Crippen LogP contribution in [0, 0.1) is 6.92 Å². The van der Waals surface area contributed by atoms with Crippen molar-refractivity contribution in [2.24, 2.45) is 0 Å². The van der Waals surface area contributed by atoms with Crippen LogP contribution < -0.4 is 26.4 Å². The second-order valence-corrected chi connectivity index (χ2v) is 10.5. The maximum Gasteiger partial charge on any atom is 0.407 e. The summed E-state index contributed by atoms with van der Waals surface area (Å²) in [6, 6.07) is 9.50. The summed E-state index contributed by atoms with van der Waals surface area (Å²) in [7, 11) is 0. The fraction of sp³-hybridized carbons (Fsp3) is 0.400. The summed E-state index contributed by atoms with van der Waals surface area (Å²) in [4.78, 5) is 30.3. The van der Waals surface area contributed by atoms with Gasteiger partial charge in [-0.1, -0.05) is 6.07 Å². The van der Waals surface area contributed by atoms with E-state index in [1.165, 1.54) is 11.3 Å². The molecule has 5 N–H and O–H groups in total. The Bertz CT molecular complexity index is 1250. The highest BCUT2D eigenvalue weighted by Gasteiger charge is 2.25. The quantitative estimate of drug-likeness (QED) is 0.381. The third-order valence-electron chi connectivity index (χ3n) is 5.37. The van der Waals surface area contributed by atoms with Crippen LogP contribution in [0.4, 0.5) is 16.2 Å². The number of aryl methyl sites for hydroxylation is 1. The number of nitrogen functional groups attached to an aromatic ring is 1. The van der Waals surface area contributed by atoms with Gasteiger partial charge in [-0.15, -0.1) is 11.3 Å². The molecule has 1 aromatic carbocycles. The lowest BCUT2D eigenvalue weighted by Gasteiger charge is -2.26. The number of fused-ring (bicyclic) bond motifs is 2. The maximum atomic E-state index is 12.9. The molecule has 0 radical (unpaired) electrons. The lowest BCUT2D eigenvalue weighted by atomic mass is 10.0. The van der Waals surface area contributed by atoms with Crippen LogP contribution in [-0.4, -0.2) is 48.3 Å². The topological polar surface area (TPSA) is 128 Å². The molecular weight excluding hydrogens is 466 g/mol. The molecule has 0 fully saturated rings. The van der Waals surface area contributed by atoms with Crippen molar-refractivity contribution in [3.05, 3.63) is 46.5 Å². The molecule has 4 rings (SSSR count). The van der Waals surface area contributed by atoms with E-state index in [9.17, 15) is 9.59 Å². The van der Waals surface area contributed by atoms with Crippen molar-refractivity contribution in [1.29, 1.82) is 0 Å². The minimum atomic E-state index is -0.522. The van der Waals surface area contributed by atoms with E-state index in [2.05, 4.69) is 20.9 Å². The third-order valence-corrected chi connectivity index (χ3v) is 6.48. The first kappa shape index (κ1) is 24.6. The van der Waals surface area contributed by atoms with Crippen LogP contribution in [0.2, 0.25) is 0 Å². The Morgan fingerprint density at radius 2 is 2.03 bits per heavy atom. The van der Waals surface area contributed by atoms with E-state index in [-0.39, 0.29) is 11.9 Å². The Hall–Kier alpha value is -3.53. The zero-order valence-electron chi connectivity index (χ0n) is 20.4. The number of hydrogen-bond acceptors (Lipinski definition) is 8. The number of benzene rings is 1. The molecule has 2 aromatic heterocycles. The number of anilines is 2. The molecule has 3 heterocycles. The number of thiophene rings is 1. The average molecular weight is 498 g/mol. The molecule has 1 aliphatic heterocycles. The minimum Gasteiger partial charge on any atom is -0.491 e. The second-order valence-electron chi connectivity index (χ2n) is 9.51. The Labute approximate surface area is 208 Å². The van der Waals surface area contributed by atoms with E-state index < -0.39 is 11.7 Å². The van der Waals surface area contributed by atoms with Crippen molar-refractivity contribution in [2.75, 3.05) is 30.7 Å². The maximum absolute atomic E-state index is 12.9. The number of hydrogen-bond donors (Lipinski definition) is 4. The molecule has 0 bridgehead atoms. The number of alkyl carbamates (subject to hydrolysis) is 1. The number of carbonyl (C=O) groups is 2. The molecule has 3 aromatic rings. The van der Waals surface area contributed by atoms with Gasteiger partial charge in [-0.25, -0.2) is 9.78 Å². The number of rotatable bonds is 6. The molecule has 0 saturated heterocycles. The molecule has 9 nitrogen and oxygen atoms in total. The van der Waals surface area contributed by atoms with Gasteiger partial charge in [-0.2, -0.15) is 0 Å². The van der Waals surface area contributed by atoms with Crippen LogP contribution in [0.1, 0.15) is 41.7 Å². The SMILES string of the molecule is Cc1ccc2c(N)c(C(=O)N[C@H]3COc4cc(NCCNC(=O)OC(C)(C)C)ccc4C3)sc2n1. The van der Waals surface area contributed by atoms with Crippen LogP contribution in [0.5, 0.6) is 5.75 Å². The summed E-state index contributed by atoms with van der Waals surface area (Å²) in [6.07, 6.45) is 0.217. The smallest absolute Gasteiger partial charge is 0.407 e. The molecule has 2 amide bonds. The minimum absolute atomic E-state index is 0.161. The molecule has 1 atom stereocenters. The molecule has 0 saturated carbocycles. The molecule has 35 heavy (non-hydrogen) atoms. The molecule has 0 aliphatic carbocycles. The van der Waals surface area contributed by atoms with E-state index in [0.29, 0.717) is 36.7 Å². The summed E-state index contributed by atoms with van der Waals surface area (Å²) >= 11 is 1.30. The van der Waals surface area contributed by atoms with Gasteiger partial charge in [0.1, 0.15) is 27.7 Å². The molecule has 0 spiro atoms. The average Bonchev–Trinajstić information content (AvgIpc) is 3.11. The Balaban J connectivity index is 1.30. The molecule has 1 aliphatic rings. The van der Waals surface area contributed by atoms with Gasteiger partial charge in [-0.05, 0) is 57.9 Å². The highest BCUT2D eigenvalue weighted by atomic mass is 32.1. The second kappa shape index (κ2) is 9.99. The normalized spacial score (nSPS) is 15.1. The van der Waals surface area contributed by atoms with Gasteiger partial charge >= 0.3 is 6.09 Å². The number of nitrogens with two attached hydrogens (primary N) is 1. The first-order valence-corrected chi connectivity index (χ1v) is 12.3. The largest absolute Gasteiger partial charge is 0.491 e.